The van der Waals surface area contributed by atoms with E-state index in [1.54, 1.807) is 24.3 Å². The van der Waals surface area contributed by atoms with Crippen LogP contribution in [-0.2, 0) is 6.54 Å². The molecule has 0 heterocycles. The maximum Gasteiger partial charge on any atom is 0.253 e. The van der Waals surface area contributed by atoms with Crippen LogP contribution in [0.3, 0.4) is 0 Å². The molecular weight excluding hydrogens is 349 g/mol. The summed E-state index contributed by atoms with van der Waals surface area (Å²) in [6, 6.07) is 12.5. The van der Waals surface area contributed by atoms with Gasteiger partial charge in [-0.25, -0.2) is 0 Å². The fourth-order valence-corrected chi connectivity index (χ4v) is 2.35. The lowest BCUT2D eigenvalue weighted by molar-refractivity contribution is 0.0951. The summed E-state index contributed by atoms with van der Waals surface area (Å²) < 4.78 is 0.805. The first-order valence-corrected chi connectivity index (χ1v) is 7.09. The molecule has 0 saturated carbocycles. The molecule has 0 aliphatic heterocycles. The summed E-state index contributed by atoms with van der Waals surface area (Å²) in [4.78, 5) is 12.0. The number of hydrogen-bond acceptors (Lipinski definition) is 1. The number of carbonyl (C=O) groups is 1. The van der Waals surface area contributed by atoms with Gasteiger partial charge in [-0.3, -0.25) is 4.79 Å². The molecule has 0 aliphatic rings. The first kappa shape index (κ1) is 14.4. The van der Waals surface area contributed by atoms with E-state index in [-0.39, 0.29) is 5.91 Å². The average molecular weight is 359 g/mol. The first-order valence-electron chi connectivity index (χ1n) is 5.54. The molecular formula is C14H10BrCl2NO. The summed E-state index contributed by atoms with van der Waals surface area (Å²) in [7, 11) is 0. The molecule has 0 aliphatic carbocycles. The number of amides is 1. The van der Waals surface area contributed by atoms with Crippen molar-refractivity contribution in [3.05, 3.63) is 68.1 Å². The Morgan fingerprint density at radius 2 is 1.84 bits per heavy atom. The summed E-state index contributed by atoms with van der Waals surface area (Å²) in [5.41, 5.74) is 1.30. The van der Waals surface area contributed by atoms with Crippen LogP contribution in [0.2, 0.25) is 10.0 Å². The molecule has 5 heteroatoms. The number of nitrogens with one attached hydrogen (secondary N) is 1. The molecule has 2 aromatic carbocycles. The van der Waals surface area contributed by atoms with Gasteiger partial charge in [0, 0.05) is 16.0 Å². The zero-order chi connectivity index (χ0) is 13.8. The Morgan fingerprint density at radius 3 is 2.58 bits per heavy atom. The third kappa shape index (κ3) is 3.72. The molecule has 0 spiro atoms. The molecule has 19 heavy (non-hydrogen) atoms. The normalized spacial score (nSPS) is 10.3. The van der Waals surface area contributed by atoms with Crippen LogP contribution in [0.5, 0.6) is 0 Å². The quantitative estimate of drug-likeness (QED) is 0.847. The van der Waals surface area contributed by atoms with Gasteiger partial charge in [0.1, 0.15) is 0 Å². The molecule has 98 valence electrons. The first-order chi connectivity index (χ1) is 9.08. The van der Waals surface area contributed by atoms with Crippen LogP contribution >= 0.6 is 39.1 Å². The lowest BCUT2D eigenvalue weighted by atomic mass is 10.2. The second-order valence-corrected chi connectivity index (χ2v) is 5.63. The summed E-state index contributed by atoms with van der Waals surface area (Å²) in [5, 5.41) is 3.84. The molecule has 2 aromatic rings. The van der Waals surface area contributed by atoms with Gasteiger partial charge in [0.05, 0.1) is 10.6 Å². The second-order valence-electron chi connectivity index (χ2n) is 3.90. The maximum atomic E-state index is 12.0. The Kier molecular flexibility index (Phi) is 4.86. The number of hydrogen-bond donors (Lipinski definition) is 1. The highest BCUT2D eigenvalue weighted by molar-refractivity contribution is 9.10. The van der Waals surface area contributed by atoms with Crippen molar-refractivity contribution in [3.63, 3.8) is 0 Å². The van der Waals surface area contributed by atoms with Crippen LogP contribution in [0.4, 0.5) is 0 Å². The van der Waals surface area contributed by atoms with E-state index in [1.807, 2.05) is 18.2 Å². The lowest BCUT2D eigenvalue weighted by Crippen LogP contribution is -2.23. The monoisotopic (exact) mass is 357 g/mol. The van der Waals surface area contributed by atoms with Crippen molar-refractivity contribution in [1.29, 1.82) is 0 Å². The highest BCUT2D eigenvalue weighted by Gasteiger charge is 2.11. The Labute approximate surface area is 129 Å². The van der Waals surface area contributed by atoms with Gasteiger partial charge in [0.15, 0.2) is 0 Å². The largest absolute Gasteiger partial charge is 0.348 e. The van der Waals surface area contributed by atoms with Gasteiger partial charge < -0.3 is 5.32 Å². The lowest BCUT2D eigenvalue weighted by Gasteiger charge is -2.08. The highest BCUT2D eigenvalue weighted by atomic mass is 79.9. The topological polar surface area (TPSA) is 29.1 Å². The molecule has 0 unspecified atom stereocenters. The van der Waals surface area contributed by atoms with Gasteiger partial charge in [-0.15, -0.1) is 0 Å². The van der Waals surface area contributed by atoms with E-state index >= 15 is 0 Å². The fraction of sp³-hybridized carbons (Fsp3) is 0.0714. The van der Waals surface area contributed by atoms with Crippen LogP contribution in [0.25, 0.3) is 0 Å². The third-order valence-corrected chi connectivity index (χ3v) is 3.76. The molecule has 0 fully saturated rings. The zero-order valence-corrected chi connectivity index (χ0v) is 12.9. The molecule has 2 rings (SSSR count). The van der Waals surface area contributed by atoms with E-state index in [1.165, 1.54) is 0 Å². The van der Waals surface area contributed by atoms with Gasteiger partial charge in [0.2, 0.25) is 0 Å². The molecule has 1 N–H and O–H groups in total. The zero-order valence-electron chi connectivity index (χ0n) is 9.79. The van der Waals surface area contributed by atoms with Gasteiger partial charge in [-0.05, 0) is 29.8 Å². The van der Waals surface area contributed by atoms with Gasteiger partial charge >= 0.3 is 0 Å². The Balaban J connectivity index is 2.10. The summed E-state index contributed by atoms with van der Waals surface area (Å²) in [5.74, 6) is -0.230. The Bertz CT molecular complexity index is 616. The van der Waals surface area contributed by atoms with Crippen LogP contribution in [0, 0.1) is 0 Å². The van der Waals surface area contributed by atoms with Crippen molar-refractivity contribution in [2.45, 2.75) is 6.54 Å². The predicted molar refractivity (Wildman–Crippen MR) is 81.8 cm³/mol. The van der Waals surface area contributed by atoms with Crippen molar-refractivity contribution in [1.82, 2.24) is 5.32 Å². The van der Waals surface area contributed by atoms with E-state index in [0.717, 1.165) is 10.0 Å². The van der Waals surface area contributed by atoms with Crippen molar-refractivity contribution >= 4 is 45.0 Å². The third-order valence-electron chi connectivity index (χ3n) is 2.57. The van der Waals surface area contributed by atoms with Crippen molar-refractivity contribution in [3.8, 4) is 0 Å². The molecule has 1 amide bonds. The van der Waals surface area contributed by atoms with Gasteiger partial charge in [0.25, 0.3) is 5.91 Å². The fourth-order valence-electron chi connectivity index (χ4n) is 1.58. The van der Waals surface area contributed by atoms with E-state index in [2.05, 4.69) is 21.2 Å². The van der Waals surface area contributed by atoms with Crippen LogP contribution in [-0.4, -0.2) is 5.91 Å². The maximum absolute atomic E-state index is 12.0. The van der Waals surface area contributed by atoms with Crippen molar-refractivity contribution in [2.24, 2.45) is 0 Å². The number of rotatable bonds is 3. The van der Waals surface area contributed by atoms with Crippen molar-refractivity contribution in [2.75, 3.05) is 0 Å². The number of benzene rings is 2. The Hall–Kier alpha value is -1.03. The van der Waals surface area contributed by atoms with E-state index in [4.69, 9.17) is 23.2 Å². The highest BCUT2D eigenvalue weighted by Crippen LogP contribution is 2.21. The van der Waals surface area contributed by atoms with Crippen molar-refractivity contribution < 1.29 is 4.79 Å². The van der Waals surface area contributed by atoms with Crippen LogP contribution in [0.15, 0.2) is 46.9 Å². The van der Waals surface area contributed by atoms with E-state index in [9.17, 15) is 4.79 Å². The molecule has 0 radical (unpaired) electrons. The summed E-state index contributed by atoms with van der Waals surface area (Å²) in [6.45, 7) is 0.362. The minimum absolute atomic E-state index is 0.230. The minimum atomic E-state index is -0.230. The standard InChI is InChI=1S/C14H10BrCl2NO/c15-10-5-6-13(17)11(7-10)14(19)18-8-9-3-1-2-4-12(9)16/h1-7H,8H2,(H,18,19). The van der Waals surface area contributed by atoms with Crippen LogP contribution in [0.1, 0.15) is 15.9 Å². The van der Waals surface area contributed by atoms with Gasteiger partial charge in [-0.1, -0.05) is 57.3 Å². The number of carbonyl (C=O) groups excluding carboxylic acids is 1. The molecule has 2 nitrogen and oxygen atoms in total. The SMILES string of the molecule is O=C(NCc1ccccc1Cl)c1cc(Br)ccc1Cl. The summed E-state index contributed by atoms with van der Waals surface area (Å²) >= 11 is 15.3. The minimum Gasteiger partial charge on any atom is -0.348 e. The van der Waals surface area contributed by atoms with Gasteiger partial charge in [-0.2, -0.15) is 0 Å². The summed E-state index contributed by atoms with van der Waals surface area (Å²) in [6.07, 6.45) is 0. The second kappa shape index (κ2) is 6.42. The van der Waals surface area contributed by atoms with E-state index < -0.39 is 0 Å². The smallest absolute Gasteiger partial charge is 0.253 e. The Morgan fingerprint density at radius 1 is 1.11 bits per heavy atom. The molecule has 0 atom stereocenters. The molecule has 0 aromatic heterocycles. The van der Waals surface area contributed by atoms with E-state index in [0.29, 0.717) is 22.2 Å². The van der Waals surface area contributed by atoms with Crippen LogP contribution < -0.4 is 5.32 Å². The average Bonchev–Trinajstić information content (AvgIpc) is 2.40. The predicted octanol–water partition coefficient (Wildman–Crippen LogP) is 4.69. The molecule has 0 bridgehead atoms. The molecule has 0 saturated heterocycles. The number of halogens is 3.